The van der Waals surface area contributed by atoms with Crippen LogP contribution in [0.2, 0.25) is 5.02 Å². The molecule has 0 radical (unpaired) electrons. The van der Waals surface area contributed by atoms with Crippen LogP contribution in [-0.4, -0.2) is 44.3 Å². The summed E-state index contributed by atoms with van der Waals surface area (Å²) in [5, 5.41) is 13.7. The van der Waals surface area contributed by atoms with Gasteiger partial charge in [-0.1, -0.05) is 29.8 Å². The Bertz CT molecular complexity index is 1230. The van der Waals surface area contributed by atoms with Gasteiger partial charge in [-0.05, 0) is 36.4 Å². The largest absolute Gasteiger partial charge is 0.495 e. The van der Waals surface area contributed by atoms with Crippen molar-refractivity contribution in [3.8, 4) is 11.8 Å². The zero-order valence-corrected chi connectivity index (χ0v) is 18.2. The predicted octanol–water partition coefficient (Wildman–Crippen LogP) is 4.28. The van der Waals surface area contributed by atoms with Crippen LogP contribution in [0.3, 0.4) is 0 Å². The molecule has 0 spiro atoms. The number of amides is 1. The van der Waals surface area contributed by atoms with Gasteiger partial charge in [0.15, 0.2) is 0 Å². The first-order chi connectivity index (χ1) is 15.6. The molecule has 4 rings (SSSR count). The number of hydrogen-bond acceptors (Lipinski definition) is 6. The number of fused-ring (bicyclic) bond motifs is 1. The van der Waals surface area contributed by atoms with Crippen molar-refractivity contribution >= 4 is 46.0 Å². The smallest absolute Gasteiger partial charge is 0.266 e. The second kappa shape index (κ2) is 9.69. The molecule has 2 aromatic carbocycles. The number of nitrogens with zero attached hydrogens (tertiary/aromatic N) is 3. The molecule has 1 N–H and O–H groups in total. The molecule has 3 aromatic rings. The maximum Gasteiger partial charge on any atom is 0.266 e. The number of ether oxygens (including phenoxy) is 2. The topological polar surface area (TPSA) is 87.5 Å². The van der Waals surface area contributed by atoms with Crippen molar-refractivity contribution in [2.24, 2.45) is 0 Å². The third-order valence-electron chi connectivity index (χ3n) is 5.12. The van der Waals surface area contributed by atoms with Crippen LogP contribution in [0.25, 0.3) is 17.0 Å². The number of rotatable bonds is 5. The molecule has 2 heterocycles. The first-order valence-electron chi connectivity index (χ1n) is 10.1. The standard InChI is InChI=1S/C24H21ClN4O3/c1-31-22-7-6-19(14-20(22)25)27-24(30)18(15-26)13-17-12-16-4-2-3-5-21(16)28-23(17)29-8-10-32-11-9-29/h2-7,12-14H,8-11H2,1H3,(H,27,30)/b18-13+. The van der Waals surface area contributed by atoms with E-state index in [0.29, 0.717) is 48.3 Å². The summed E-state index contributed by atoms with van der Waals surface area (Å²) >= 11 is 6.14. The Hall–Kier alpha value is -3.60. The van der Waals surface area contributed by atoms with Crippen LogP contribution in [0.15, 0.2) is 54.1 Å². The number of hydrogen-bond donors (Lipinski definition) is 1. The number of halogens is 1. The molecule has 1 fully saturated rings. The van der Waals surface area contributed by atoms with Crippen LogP contribution in [-0.2, 0) is 9.53 Å². The van der Waals surface area contributed by atoms with Crippen molar-refractivity contribution in [2.45, 2.75) is 0 Å². The lowest BCUT2D eigenvalue weighted by atomic mass is 10.1. The Labute approximate surface area is 190 Å². The zero-order chi connectivity index (χ0) is 22.5. The second-order valence-corrected chi connectivity index (χ2v) is 7.57. The van der Waals surface area contributed by atoms with Crippen LogP contribution in [0.1, 0.15) is 5.56 Å². The zero-order valence-electron chi connectivity index (χ0n) is 17.5. The Balaban J connectivity index is 1.69. The highest BCUT2D eigenvalue weighted by molar-refractivity contribution is 6.32. The minimum atomic E-state index is -0.533. The van der Waals surface area contributed by atoms with Gasteiger partial charge in [0.05, 0.1) is 30.9 Å². The average Bonchev–Trinajstić information content (AvgIpc) is 2.82. The van der Waals surface area contributed by atoms with Gasteiger partial charge in [-0.3, -0.25) is 4.79 Å². The maximum absolute atomic E-state index is 12.8. The number of pyridine rings is 1. The monoisotopic (exact) mass is 448 g/mol. The Kier molecular flexibility index (Phi) is 6.55. The van der Waals surface area contributed by atoms with E-state index >= 15 is 0 Å². The number of carbonyl (C=O) groups is 1. The van der Waals surface area contributed by atoms with E-state index in [4.69, 9.17) is 26.1 Å². The fraction of sp³-hybridized carbons (Fsp3) is 0.208. The normalized spacial score (nSPS) is 14.2. The van der Waals surface area contributed by atoms with Crippen molar-refractivity contribution in [1.82, 2.24) is 4.98 Å². The Morgan fingerprint density at radius 1 is 1.25 bits per heavy atom. The molecule has 0 bridgehead atoms. The summed E-state index contributed by atoms with van der Waals surface area (Å²) in [6.07, 6.45) is 1.57. The van der Waals surface area contributed by atoms with E-state index < -0.39 is 5.91 Å². The number of nitrogens with one attached hydrogen (secondary N) is 1. The first kappa shape index (κ1) is 21.6. The molecule has 0 saturated carbocycles. The third-order valence-corrected chi connectivity index (χ3v) is 5.41. The van der Waals surface area contributed by atoms with Crippen LogP contribution in [0, 0.1) is 11.3 Å². The van der Waals surface area contributed by atoms with E-state index in [1.54, 1.807) is 24.3 Å². The average molecular weight is 449 g/mol. The molecule has 7 nitrogen and oxygen atoms in total. The molecule has 0 aliphatic carbocycles. The lowest BCUT2D eigenvalue weighted by Gasteiger charge is -2.29. The highest BCUT2D eigenvalue weighted by atomic mass is 35.5. The molecule has 0 unspecified atom stereocenters. The van der Waals surface area contributed by atoms with Crippen LogP contribution >= 0.6 is 11.6 Å². The molecule has 1 aromatic heterocycles. The lowest BCUT2D eigenvalue weighted by Crippen LogP contribution is -2.37. The van der Waals surface area contributed by atoms with E-state index in [-0.39, 0.29) is 5.57 Å². The number of benzene rings is 2. The molecule has 1 aliphatic rings. The summed E-state index contributed by atoms with van der Waals surface area (Å²) < 4.78 is 10.6. The van der Waals surface area contributed by atoms with Crippen LogP contribution < -0.4 is 15.0 Å². The summed E-state index contributed by atoms with van der Waals surface area (Å²) in [4.78, 5) is 19.8. The van der Waals surface area contributed by atoms with Gasteiger partial charge < -0.3 is 19.7 Å². The van der Waals surface area contributed by atoms with E-state index in [9.17, 15) is 10.1 Å². The maximum atomic E-state index is 12.8. The van der Waals surface area contributed by atoms with Gasteiger partial charge >= 0.3 is 0 Å². The van der Waals surface area contributed by atoms with Crippen LogP contribution in [0.5, 0.6) is 5.75 Å². The van der Waals surface area contributed by atoms with E-state index in [0.717, 1.165) is 16.7 Å². The predicted molar refractivity (Wildman–Crippen MR) is 125 cm³/mol. The molecule has 1 saturated heterocycles. The number of para-hydroxylation sites is 1. The van der Waals surface area contributed by atoms with Gasteiger partial charge in [-0.25, -0.2) is 4.98 Å². The van der Waals surface area contributed by atoms with Gasteiger partial charge in [0, 0.05) is 29.7 Å². The number of anilines is 2. The number of morpholine rings is 1. The summed E-state index contributed by atoms with van der Waals surface area (Å²) in [5.74, 6) is 0.688. The molecule has 162 valence electrons. The van der Waals surface area contributed by atoms with Crippen molar-refractivity contribution in [3.05, 3.63) is 64.7 Å². The molecule has 0 atom stereocenters. The Morgan fingerprint density at radius 3 is 2.75 bits per heavy atom. The molecular formula is C24H21ClN4O3. The van der Waals surface area contributed by atoms with E-state index in [2.05, 4.69) is 10.2 Å². The number of carbonyl (C=O) groups excluding carboxylic acids is 1. The van der Waals surface area contributed by atoms with Gasteiger partial charge in [0.25, 0.3) is 5.91 Å². The summed E-state index contributed by atoms with van der Waals surface area (Å²) in [7, 11) is 1.51. The Morgan fingerprint density at radius 2 is 2.03 bits per heavy atom. The van der Waals surface area contributed by atoms with Crippen molar-refractivity contribution < 1.29 is 14.3 Å². The number of methoxy groups -OCH3 is 1. The SMILES string of the molecule is COc1ccc(NC(=O)/C(C#N)=C/c2cc3ccccc3nc2N2CCOCC2)cc1Cl. The fourth-order valence-electron chi connectivity index (χ4n) is 3.50. The van der Waals surface area contributed by atoms with Gasteiger partial charge in [-0.2, -0.15) is 5.26 Å². The van der Waals surface area contributed by atoms with Gasteiger partial charge in [-0.15, -0.1) is 0 Å². The molecule has 1 aliphatic heterocycles. The van der Waals surface area contributed by atoms with E-state index in [1.807, 2.05) is 36.4 Å². The summed E-state index contributed by atoms with van der Waals surface area (Å²) in [6, 6.07) is 16.6. The minimum Gasteiger partial charge on any atom is -0.495 e. The number of nitriles is 1. The van der Waals surface area contributed by atoms with Crippen LogP contribution in [0.4, 0.5) is 11.5 Å². The summed E-state index contributed by atoms with van der Waals surface area (Å²) in [6.45, 7) is 2.57. The minimum absolute atomic E-state index is 0.0384. The van der Waals surface area contributed by atoms with Crippen molar-refractivity contribution in [3.63, 3.8) is 0 Å². The quantitative estimate of drug-likeness (QED) is 0.463. The lowest BCUT2D eigenvalue weighted by molar-refractivity contribution is -0.112. The van der Waals surface area contributed by atoms with Crippen molar-refractivity contribution in [2.75, 3.05) is 43.6 Å². The highest BCUT2D eigenvalue weighted by Crippen LogP contribution is 2.29. The molecule has 8 heteroatoms. The van der Waals surface area contributed by atoms with Crippen molar-refractivity contribution in [1.29, 1.82) is 5.26 Å². The molecule has 32 heavy (non-hydrogen) atoms. The second-order valence-electron chi connectivity index (χ2n) is 7.17. The summed E-state index contributed by atoms with van der Waals surface area (Å²) in [5.41, 5.74) is 1.97. The van der Waals surface area contributed by atoms with E-state index in [1.165, 1.54) is 7.11 Å². The highest BCUT2D eigenvalue weighted by Gasteiger charge is 2.18. The first-order valence-corrected chi connectivity index (χ1v) is 10.5. The third kappa shape index (κ3) is 4.67. The molecule has 1 amide bonds. The molecular weight excluding hydrogens is 428 g/mol. The number of aromatic nitrogens is 1. The van der Waals surface area contributed by atoms with Gasteiger partial charge in [0.2, 0.25) is 0 Å². The van der Waals surface area contributed by atoms with Gasteiger partial charge in [0.1, 0.15) is 23.2 Å². The fourth-order valence-corrected chi connectivity index (χ4v) is 3.76.